The number of Topliss-reactive ketones (excluding diaryl/α,β-unsaturated/α-hetero) is 1. The molecule has 1 unspecified atom stereocenters. The highest BCUT2D eigenvalue weighted by atomic mass is 35.5. The maximum Gasteiger partial charge on any atom is 0.303 e. The average Bonchev–Trinajstić information content (AvgIpc) is 3.29. The van der Waals surface area contributed by atoms with Gasteiger partial charge in [-0.05, 0) is 58.4 Å². The molecule has 6 amide bonds. The summed E-state index contributed by atoms with van der Waals surface area (Å²) in [6.45, 7) is 5.03. The highest BCUT2D eigenvalue weighted by molar-refractivity contribution is 6.18. The van der Waals surface area contributed by atoms with Crippen molar-refractivity contribution in [1.29, 1.82) is 0 Å². The first-order valence-electron chi connectivity index (χ1n) is 23.5. The Hall–Kier alpha value is -3.74. The third kappa shape index (κ3) is 39.9. The summed E-state index contributed by atoms with van der Waals surface area (Å²) >= 11 is 11.6. The van der Waals surface area contributed by atoms with Crippen molar-refractivity contribution in [1.82, 2.24) is 51.5 Å². The van der Waals surface area contributed by atoms with Crippen LogP contribution in [0.25, 0.3) is 0 Å². The van der Waals surface area contributed by atoms with Crippen molar-refractivity contribution in [2.45, 2.75) is 109 Å². The van der Waals surface area contributed by atoms with Crippen LogP contribution in [0.2, 0.25) is 0 Å². The number of halogens is 2. The largest absolute Gasteiger partial charge is 0.481 e. The molecule has 0 aromatic heterocycles. The van der Waals surface area contributed by atoms with Crippen molar-refractivity contribution in [3.63, 3.8) is 0 Å². The molecular weight excluding hydrogens is 915 g/mol. The maximum atomic E-state index is 13.0. The number of aliphatic carboxylic acids is 1. The Morgan fingerprint density at radius 2 is 0.851 bits per heavy atom. The van der Waals surface area contributed by atoms with E-state index in [4.69, 9.17) is 39.8 Å². The molecule has 0 aliphatic rings. The fourth-order valence-corrected chi connectivity index (χ4v) is 6.63. The molecule has 0 aromatic rings. The van der Waals surface area contributed by atoms with Gasteiger partial charge in [0.1, 0.15) is 5.78 Å². The van der Waals surface area contributed by atoms with Crippen LogP contribution in [0.1, 0.15) is 103 Å². The lowest BCUT2D eigenvalue weighted by Gasteiger charge is -2.24. The number of hydrogen-bond donors (Lipinski definition) is 10. The van der Waals surface area contributed by atoms with E-state index in [9.17, 15) is 43.5 Å². The van der Waals surface area contributed by atoms with Gasteiger partial charge in [0.2, 0.25) is 35.4 Å². The molecule has 0 aliphatic carbocycles. The van der Waals surface area contributed by atoms with Gasteiger partial charge in [-0.3, -0.25) is 58.0 Å². The number of likely N-dealkylation sites (N-methyl/N-ethyl adjacent to an activating group) is 1. The lowest BCUT2D eigenvalue weighted by molar-refractivity contribution is -0.137. The molecule has 12 N–H and O–H groups in total. The number of ketones is 1. The van der Waals surface area contributed by atoms with Crippen LogP contribution in [0.3, 0.4) is 0 Å². The van der Waals surface area contributed by atoms with E-state index in [1.54, 1.807) is 9.80 Å². The van der Waals surface area contributed by atoms with E-state index < -0.39 is 12.1 Å². The number of rotatable bonds is 45. The van der Waals surface area contributed by atoms with Gasteiger partial charge in [0, 0.05) is 143 Å². The van der Waals surface area contributed by atoms with Crippen molar-refractivity contribution in [3.05, 3.63) is 0 Å². The predicted molar refractivity (Wildman–Crippen MR) is 257 cm³/mol. The summed E-state index contributed by atoms with van der Waals surface area (Å²) in [5.41, 5.74) is 11.1. The molecule has 0 heterocycles. The average molecular weight is 998 g/mol. The molecule has 0 bridgehead atoms. The van der Waals surface area contributed by atoms with Gasteiger partial charge in [-0.2, -0.15) is 0 Å². The molecular formula is C43H82Cl2N12O10. The maximum absolute atomic E-state index is 13.0. The third-order valence-electron chi connectivity index (χ3n) is 10.4. The van der Waals surface area contributed by atoms with Crippen molar-refractivity contribution in [2.75, 3.05) is 117 Å². The van der Waals surface area contributed by atoms with Crippen molar-refractivity contribution in [2.24, 2.45) is 11.5 Å². The number of nitrogens with zero attached hydrogens (tertiary/aromatic N) is 4. The third-order valence-corrected chi connectivity index (χ3v) is 11.1. The summed E-state index contributed by atoms with van der Waals surface area (Å²) in [6.07, 6.45) is 4.74. The summed E-state index contributed by atoms with van der Waals surface area (Å²) in [5, 5.41) is 35.7. The molecule has 0 saturated heterocycles. The normalized spacial score (nSPS) is 11.7. The lowest BCUT2D eigenvalue weighted by atomic mass is 10.1. The van der Waals surface area contributed by atoms with Gasteiger partial charge in [0.15, 0.2) is 0 Å². The molecule has 0 saturated carbocycles. The van der Waals surface area contributed by atoms with Crippen LogP contribution >= 0.6 is 23.2 Å². The van der Waals surface area contributed by atoms with E-state index in [-0.39, 0.29) is 138 Å². The molecule has 388 valence electrons. The summed E-state index contributed by atoms with van der Waals surface area (Å²) in [4.78, 5) is 105. The van der Waals surface area contributed by atoms with E-state index in [1.807, 2.05) is 16.8 Å². The number of amides is 6. The van der Waals surface area contributed by atoms with Gasteiger partial charge >= 0.3 is 5.97 Å². The molecule has 67 heavy (non-hydrogen) atoms. The molecule has 1 atom stereocenters. The van der Waals surface area contributed by atoms with Crippen LogP contribution < -0.4 is 43.4 Å². The number of alkyl halides is 2. The van der Waals surface area contributed by atoms with Gasteiger partial charge in [-0.25, -0.2) is 0 Å². The number of nitrogens with one attached hydrogen (secondary N) is 6. The van der Waals surface area contributed by atoms with Gasteiger partial charge in [0.25, 0.3) is 0 Å². The summed E-state index contributed by atoms with van der Waals surface area (Å²) in [5.74, 6) is -1.99. The van der Waals surface area contributed by atoms with E-state index in [0.29, 0.717) is 117 Å². The van der Waals surface area contributed by atoms with Gasteiger partial charge in [-0.1, -0.05) is 0 Å². The number of carbonyl (C=O) groups is 8. The molecule has 24 heteroatoms. The number of nitrogens with two attached hydrogens (primary N) is 2. The van der Waals surface area contributed by atoms with E-state index in [1.165, 1.54) is 0 Å². The number of hydrogen-bond acceptors (Lipinski definition) is 15. The lowest BCUT2D eigenvalue weighted by Crippen LogP contribution is -2.44. The van der Waals surface area contributed by atoms with Crippen LogP contribution in [0, 0.1) is 0 Å². The second-order valence-electron chi connectivity index (χ2n) is 16.4. The Kier molecular flexibility index (Phi) is 40.0. The Bertz CT molecular complexity index is 1420. The number of unbranched alkanes of at least 4 members (excludes halogenated alkanes) is 4. The summed E-state index contributed by atoms with van der Waals surface area (Å²) in [7, 11) is 1.85. The fraction of sp³-hybridized carbons (Fsp3) is 0.814. The van der Waals surface area contributed by atoms with Crippen molar-refractivity contribution >= 4 is 70.4 Å². The van der Waals surface area contributed by atoms with Crippen molar-refractivity contribution in [3.8, 4) is 0 Å². The number of aliphatic hydroxyl groups is 1. The standard InChI is InChI=1S/C43H82Cl2N12O10/c1-54(32-46)23-18-48-37(60)12-6-7-16-42(65)53-34-56(29-35(58)10-2-3-11-38(61)52-22-27-57(31-45)33-47)26-21-51-40(63)14-5-4-13-39(62)49-19-24-55(30-36(59)28-44)25-20-50-41(64)15-8-9-17-43(66)67/h36,59H,2-34,46-47H2,1H3,(H,48,60)(H,49,62)(H,50,64)(H,51,63)(H,52,61)(H,53,65)(H,66,67). The van der Waals surface area contributed by atoms with Gasteiger partial charge < -0.3 is 53.6 Å². The molecule has 22 nitrogen and oxygen atoms in total. The highest BCUT2D eigenvalue weighted by Gasteiger charge is 2.16. The van der Waals surface area contributed by atoms with Crippen molar-refractivity contribution < 1.29 is 48.6 Å². The SMILES string of the molecule is CN(CN)CCNC(=O)CCCCC(=O)NCN(CCNC(=O)CCCCC(=O)NCCN(CCNC(=O)CCCCC(=O)O)CC(O)CCl)CC(=O)CCCCC(=O)NCCN(CN)CCl. The molecule has 0 aliphatic heterocycles. The molecule has 0 aromatic carbocycles. The minimum absolute atomic E-state index is 0.0120. The van der Waals surface area contributed by atoms with E-state index >= 15 is 0 Å². The Morgan fingerprint density at radius 1 is 0.493 bits per heavy atom. The second kappa shape index (κ2) is 42.4. The predicted octanol–water partition coefficient (Wildman–Crippen LogP) is -0.997. The Morgan fingerprint density at radius 3 is 1.22 bits per heavy atom. The first-order valence-corrected chi connectivity index (χ1v) is 24.6. The number of carboxylic acid groups (broad SMARTS) is 1. The monoisotopic (exact) mass is 997 g/mol. The molecule has 0 fully saturated rings. The minimum Gasteiger partial charge on any atom is -0.481 e. The quantitative estimate of drug-likeness (QED) is 0.0152. The van der Waals surface area contributed by atoms with E-state index in [0.717, 1.165) is 0 Å². The molecule has 0 rings (SSSR count). The first-order chi connectivity index (χ1) is 32.1. The van der Waals surface area contributed by atoms with Gasteiger partial charge in [0.05, 0.1) is 25.3 Å². The van der Waals surface area contributed by atoms with Crippen LogP contribution in [0.15, 0.2) is 0 Å². The zero-order chi connectivity index (χ0) is 50.1. The van der Waals surface area contributed by atoms with E-state index in [2.05, 4.69) is 31.9 Å². The Balaban J connectivity index is 4.79. The summed E-state index contributed by atoms with van der Waals surface area (Å²) < 4.78 is 0. The highest BCUT2D eigenvalue weighted by Crippen LogP contribution is 2.05. The zero-order valence-corrected chi connectivity index (χ0v) is 41.3. The smallest absolute Gasteiger partial charge is 0.303 e. The number of aliphatic hydroxyl groups excluding tert-OH is 1. The zero-order valence-electron chi connectivity index (χ0n) is 39.8. The van der Waals surface area contributed by atoms with Crippen LogP contribution in [-0.4, -0.2) is 201 Å². The Labute approximate surface area is 407 Å². The van der Waals surface area contributed by atoms with Crippen LogP contribution in [0.4, 0.5) is 0 Å². The van der Waals surface area contributed by atoms with Crippen LogP contribution in [-0.2, 0) is 38.4 Å². The second-order valence-corrected chi connectivity index (χ2v) is 16.9. The fourth-order valence-electron chi connectivity index (χ4n) is 6.32. The topological polar surface area (TPSA) is 314 Å². The van der Waals surface area contributed by atoms with Crippen LogP contribution in [0.5, 0.6) is 0 Å². The van der Waals surface area contributed by atoms with Gasteiger partial charge in [-0.15, -0.1) is 23.2 Å². The molecule has 0 radical (unpaired) electrons. The summed E-state index contributed by atoms with van der Waals surface area (Å²) in [6, 6.07) is 0.266. The molecule has 0 spiro atoms. The first kappa shape index (κ1) is 63.3. The minimum atomic E-state index is -0.902. The number of carbonyl (C=O) groups excluding carboxylic acids is 7. The number of carboxylic acids is 1.